The molecule has 3 rings (SSSR count). The predicted octanol–water partition coefficient (Wildman–Crippen LogP) is 5.73. The molecule has 0 unspecified atom stereocenters. The number of hydrogen-bond donors (Lipinski definition) is 1. The van der Waals surface area contributed by atoms with Gasteiger partial charge in [-0.2, -0.15) is 13.2 Å². The van der Waals surface area contributed by atoms with E-state index in [1.807, 2.05) is 0 Å². The molecule has 8 heteroatoms. The molecule has 1 aromatic rings. The maximum Gasteiger partial charge on any atom is 0.416 e. The average Bonchev–Trinajstić information content (AvgIpc) is 2.58. The van der Waals surface area contributed by atoms with Gasteiger partial charge in [0.2, 0.25) is 0 Å². The fourth-order valence-corrected chi connectivity index (χ4v) is 4.34. The molecule has 0 aromatic heterocycles. The van der Waals surface area contributed by atoms with E-state index in [-0.39, 0.29) is 30.9 Å². The molecular formula is C18H26Cl3F3N2. The molecule has 2 aliphatic rings. The molecule has 0 bridgehead atoms. The lowest BCUT2D eigenvalue weighted by atomic mass is 9.79. The Labute approximate surface area is 170 Å². The molecule has 2 fully saturated rings. The summed E-state index contributed by atoms with van der Waals surface area (Å²) < 4.78 is 39.5. The van der Waals surface area contributed by atoms with Crippen LogP contribution in [0.15, 0.2) is 18.2 Å². The summed E-state index contributed by atoms with van der Waals surface area (Å²) in [5, 5.41) is 3.78. The third-order valence-electron chi connectivity index (χ3n) is 5.28. The zero-order valence-corrected chi connectivity index (χ0v) is 16.9. The molecule has 26 heavy (non-hydrogen) atoms. The van der Waals surface area contributed by atoms with Gasteiger partial charge in [0.1, 0.15) is 0 Å². The van der Waals surface area contributed by atoms with Gasteiger partial charge >= 0.3 is 6.18 Å². The number of halogens is 6. The molecule has 0 amide bonds. The van der Waals surface area contributed by atoms with Crippen LogP contribution in [0.25, 0.3) is 0 Å². The van der Waals surface area contributed by atoms with Gasteiger partial charge in [0, 0.05) is 37.2 Å². The third-order valence-corrected chi connectivity index (χ3v) is 5.63. The summed E-state index contributed by atoms with van der Waals surface area (Å²) in [5.41, 5.74) is 0.0538. The number of alkyl halides is 3. The van der Waals surface area contributed by atoms with E-state index in [1.54, 1.807) is 0 Å². The van der Waals surface area contributed by atoms with Crippen LogP contribution in [0.3, 0.4) is 0 Å². The monoisotopic (exact) mass is 432 g/mol. The molecule has 1 aromatic carbocycles. The second-order valence-electron chi connectivity index (χ2n) is 6.86. The molecule has 0 radical (unpaired) electrons. The van der Waals surface area contributed by atoms with Gasteiger partial charge in [-0.05, 0) is 42.5 Å². The van der Waals surface area contributed by atoms with E-state index >= 15 is 0 Å². The Balaban J connectivity index is 0.00000169. The molecule has 0 spiro atoms. The minimum Gasteiger partial charge on any atom is -0.314 e. The Morgan fingerprint density at radius 3 is 2.23 bits per heavy atom. The Hall–Kier alpha value is -0.200. The van der Waals surface area contributed by atoms with E-state index in [4.69, 9.17) is 11.6 Å². The summed E-state index contributed by atoms with van der Waals surface area (Å²) in [6, 6.07) is 3.77. The molecule has 1 aliphatic heterocycles. The predicted molar refractivity (Wildman–Crippen MR) is 105 cm³/mol. The number of nitrogens with one attached hydrogen (secondary N) is 1. The van der Waals surface area contributed by atoms with Crippen molar-refractivity contribution in [3.63, 3.8) is 0 Å². The smallest absolute Gasteiger partial charge is 0.314 e. The van der Waals surface area contributed by atoms with E-state index in [0.717, 1.165) is 57.9 Å². The van der Waals surface area contributed by atoms with Gasteiger partial charge < -0.3 is 5.32 Å². The van der Waals surface area contributed by atoms with Crippen LogP contribution >= 0.6 is 36.4 Å². The van der Waals surface area contributed by atoms with E-state index in [9.17, 15) is 13.2 Å². The molecule has 1 saturated carbocycles. The minimum absolute atomic E-state index is 0. The van der Waals surface area contributed by atoms with Gasteiger partial charge in [-0.1, -0.05) is 30.9 Å². The SMILES string of the molecule is Cl.Cl.FC(F)(F)c1ccc(Cl)c([C@@H](C2CCCCC2)N2CCNCC2)c1. The molecule has 1 atom stereocenters. The molecular weight excluding hydrogens is 408 g/mol. The topological polar surface area (TPSA) is 15.3 Å². The number of nitrogens with zero attached hydrogens (tertiary/aromatic N) is 1. The molecule has 2 nitrogen and oxygen atoms in total. The lowest BCUT2D eigenvalue weighted by molar-refractivity contribution is -0.137. The number of piperazine rings is 1. The van der Waals surface area contributed by atoms with Crippen molar-refractivity contribution in [1.29, 1.82) is 0 Å². The molecule has 1 aliphatic carbocycles. The van der Waals surface area contributed by atoms with Crippen LogP contribution in [0.1, 0.15) is 49.3 Å². The van der Waals surface area contributed by atoms with Gasteiger partial charge in [-0.3, -0.25) is 4.90 Å². The highest BCUT2D eigenvalue weighted by Crippen LogP contribution is 2.42. The van der Waals surface area contributed by atoms with Crippen molar-refractivity contribution in [3.05, 3.63) is 34.3 Å². The van der Waals surface area contributed by atoms with Crippen molar-refractivity contribution in [2.24, 2.45) is 5.92 Å². The van der Waals surface area contributed by atoms with Crippen molar-refractivity contribution >= 4 is 36.4 Å². The number of rotatable bonds is 3. The second-order valence-corrected chi connectivity index (χ2v) is 7.27. The zero-order valence-electron chi connectivity index (χ0n) is 14.5. The van der Waals surface area contributed by atoms with Crippen LogP contribution in [0.2, 0.25) is 5.02 Å². The largest absolute Gasteiger partial charge is 0.416 e. The van der Waals surface area contributed by atoms with Crippen LogP contribution in [0.4, 0.5) is 13.2 Å². The van der Waals surface area contributed by atoms with Crippen LogP contribution in [-0.2, 0) is 6.18 Å². The second kappa shape index (κ2) is 10.4. The summed E-state index contributed by atoms with van der Waals surface area (Å²) in [4.78, 5) is 2.33. The first-order valence-electron chi connectivity index (χ1n) is 8.78. The lowest BCUT2D eigenvalue weighted by Crippen LogP contribution is -2.47. The summed E-state index contributed by atoms with van der Waals surface area (Å²) in [5.74, 6) is 0.387. The molecule has 150 valence electrons. The highest BCUT2D eigenvalue weighted by atomic mass is 35.5. The summed E-state index contributed by atoms with van der Waals surface area (Å²) in [6.45, 7) is 3.46. The van der Waals surface area contributed by atoms with Crippen molar-refractivity contribution in [2.75, 3.05) is 26.2 Å². The van der Waals surface area contributed by atoms with Gasteiger partial charge in [-0.15, -0.1) is 24.8 Å². The van der Waals surface area contributed by atoms with Gasteiger partial charge in [0.05, 0.1) is 5.56 Å². The fraction of sp³-hybridized carbons (Fsp3) is 0.667. The summed E-state index contributed by atoms with van der Waals surface area (Å²) >= 11 is 6.37. The van der Waals surface area contributed by atoms with Crippen LogP contribution in [0.5, 0.6) is 0 Å². The number of benzene rings is 1. The van der Waals surface area contributed by atoms with Crippen LogP contribution in [0, 0.1) is 5.92 Å². The third kappa shape index (κ3) is 5.65. The summed E-state index contributed by atoms with van der Waals surface area (Å²) in [7, 11) is 0. The van der Waals surface area contributed by atoms with Gasteiger partial charge in [0.25, 0.3) is 0 Å². The van der Waals surface area contributed by atoms with Crippen molar-refractivity contribution in [2.45, 2.75) is 44.3 Å². The Morgan fingerprint density at radius 1 is 1.04 bits per heavy atom. The lowest BCUT2D eigenvalue weighted by Gasteiger charge is -2.41. The Morgan fingerprint density at radius 2 is 1.65 bits per heavy atom. The van der Waals surface area contributed by atoms with Crippen LogP contribution < -0.4 is 5.32 Å². The quantitative estimate of drug-likeness (QED) is 0.655. The van der Waals surface area contributed by atoms with E-state index < -0.39 is 11.7 Å². The molecule has 1 heterocycles. The molecule has 1 N–H and O–H groups in total. The normalized spacial score (nSPS) is 20.8. The van der Waals surface area contributed by atoms with Crippen molar-refractivity contribution in [1.82, 2.24) is 10.2 Å². The average molecular weight is 434 g/mol. The molecule has 1 saturated heterocycles. The van der Waals surface area contributed by atoms with E-state index in [1.165, 1.54) is 18.6 Å². The first kappa shape index (κ1) is 23.8. The summed E-state index contributed by atoms with van der Waals surface area (Å²) in [6.07, 6.45) is 1.34. The standard InChI is InChI=1S/C18H24ClF3N2.2ClH/c19-16-7-6-14(18(20,21)22)12-15(16)17(13-4-2-1-3-5-13)24-10-8-23-9-11-24;;/h6-7,12-13,17,23H,1-5,8-11H2;2*1H/t17-;;/m1../s1. The van der Waals surface area contributed by atoms with Crippen LogP contribution in [-0.4, -0.2) is 31.1 Å². The maximum atomic E-state index is 13.2. The highest BCUT2D eigenvalue weighted by molar-refractivity contribution is 6.31. The fourth-order valence-electron chi connectivity index (χ4n) is 4.11. The first-order chi connectivity index (χ1) is 11.5. The Bertz CT molecular complexity index is 539. The van der Waals surface area contributed by atoms with E-state index in [2.05, 4.69) is 10.2 Å². The van der Waals surface area contributed by atoms with Crippen molar-refractivity contribution in [3.8, 4) is 0 Å². The first-order valence-corrected chi connectivity index (χ1v) is 9.16. The highest BCUT2D eigenvalue weighted by Gasteiger charge is 2.35. The minimum atomic E-state index is -4.33. The zero-order chi connectivity index (χ0) is 17.2. The number of hydrogen-bond acceptors (Lipinski definition) is 2. The van der Waals surface area contributed by atoms with Crippen molar-refractivity contribution < 1.29 is 13.2 Å². The van der Waals surface area contributed by atoms with Gasteiger partial charge in [-0.25, -0.2) is 0 Å². The van der Waals surface area contributed by atoms with Gasteiger partial charge in [0.15, 0.2) is 0 Å². The Kier molecular flexibility index (Phi) is 9.51. The maximum absolute atomic E-state index is 13.2. The van der Waals surface area contributed by atoms with E-state index in [0.29, 0.717) is 16.5 Å².